The number of benzene rings is 1. The Morgan fingerprint density at radius 1 is 1.19 bits per heavy atom. The number of hydrogen-bond donors (Lipinski definition) is 1. The molecule has 3 rings (SSSR count). The highest BCUT2D eigenvalue weighted by Crippen LogP contribution is 2.25. The topological polar surface area (TPSA) is 76.5 Å². The predicted octanol–water partition coefficient (Wildman–Crippen LogP) is 2.47. The molecule has 0 spiro atoms. The van der Waals surface area contributed by atoms with Crippen LogP contribution >= 0.6 is 0 Å². The van der Waals surface area contributed by atoms with Crippen molar-refractivity contribution in [2.75, 3.05) is 25.0 Å². The number of carbonyl (C=O) groups is 2. The van der Waals surface area contributed by atoms with Gasteiger partial charge in [-0.05, 0) is 25.0 Å². The molecule has 138 valence electrons. The number of anilines is 1. The van der Waals surface area contributed by atoms with Gasteiger partial charge in [0.25, 0.3) is 0 Å². The van der Waals surface area contributed by atoms with Crippen molar-refractivity contribution in [3.05, 3.63) is 42.6 Å². The lowest BCUT2D eigenvalue weighted by Gasteiger charge is -2.32. The van der Waals surface area contributed by atoms with E-state index in [-0.39, 0.29) is 24.3 Å². The van der Waals surface area contributed by atoms with Gasteiger partial charge < -0.3 is 15.0 Å². The Kier molecular flexibility index (Phi) is 5.88. The average molecular weight is 356 g/mol. The first-order valence-electron chi connectivity index (χ1n) is 8.90. The zero-order chi connectivity index (χ0) is 18.4. The van der Waals surface area contributed by atoms with Crippen LogP contribution in [0, 0.1) is 0 Å². The maximum atomic E-state index is 12.2. The molecular formula is C19H24N4O3. The molecule has 2 aromatic rings. The molecule has 1 saturated heterocycles. The van der Waals surface area contributed by atoms with Crippen molar-refractivity contribution in [2.45, 2.75) is 32.2 Å². The molecule has 0 radical (unpaired) electrons. The Morgan fingerprint density at radius 3 is 2.62 bits per heavy atom. The summed E-state index contributed by atoms with van der Waals surface area (Å²) in [5, 5.41) is 7.27. The van der Waals surface area contributed by atoms with Crippen molar-refractivity contribution >= 4 is 17.6 Å². The molecule has 1 aliphatic heterocycles. The van der Waals surface area contributed by atoms with Crippen molar-refractivity contribution < 1.29 is 14.3 Å². The zero-order valence-corrected chi connectivity index (χ0v) is 14.9. The molecule has 1 aliphatic rings. The predicted molar refractivity (Wildman–Crippen MR) is 97.9 cm³/mol. The molecule has 1 fully saturated rings. The molecule has 1 aromatic carbocycles. The first-order valence-corrected chi connectivity index (χ1v) is 8.90. The monoisotopic (exact) mass is 356 g/mol. The average Bonchev–Trinajstić information content (AvgIpc) is 3.10. The lowest BCUT2D eigenvalue weighted by molar-refractivity contribution is -0.130. The highest BCUT2D eigenvalue weighted by molar-refractivity contribution is 5.89. The summed E-state index contributed by atoms with van der Waals surface area (Å²) in [7, 11) is 0. The second-order valence-corrected chi connectivity index (χ2v) is 6.36. The van der Waals surface area contributed by atoms with Crippen LogP contribution in [0.25, 0.3) is 0 Å². The minimum atomic E-state index is -0.108. The van der Waals surface area contributed by atoms with E-state index in [9.17, 15) is 9.59 Å². The lowest BCUT2D eigenvalue weighted by atomic mass is 10.1. The van der Waals surface area contributed by atoms with E-state index in [1.165, 1.54) is 0 Å². The third-order valence-corrected chi connectivity index (χ3v) is 4.53. The zero-order valence-electron chi connectivity index (χ0n) is 14.9. The third kappa shape index (κ3) is 4.62. The number of rotatable bonds is 6. The third-order valence-electron chi connectivity index (χ3n) is 4.53. The first-order chi connectivity index (χ1) is 12.6. The van der Waals surface area contributed by atoms with Gasteiger partial charge in [-0.25, -0.2) is 4.68 Å². The van der Waals surface area contributed by atoms with Crippen LogP contribution in [0.2, 0.25) is 0 Å². The number of piperidine rings is 1. The largest absolute Gasteiger partial charge is 0.493 e. The van der Waals surface area contributed by atoms with Gasteiger partial charge in [0.2, 0.25) is 11.8 Å². The molecule has 26 heavy (non-hydrogen) atoms. The van der Waals surface area contributed by atoms with E-state index < -0.39 is 0 Å². The minimum absolute atomic E-state index is 0.107. The Labute approximate surface area is 152 Å². The van der Waals surface area contributed by atoms with Gasteiger partial charge in [-0.2, -0.15) is 5.10 Å². The van der Waals surface area contributed by atoms with Crippen molar-refractivity contribution in [3.63, 3.8) is 0 Å². The fourth-order valence-electron chi connectivity index (χ4n) is 3.11. The number of nitrogens with one attached hydrogen (secondary N) is 1. The van der Waals surface area contributed by atoms with Gasteiger partial charge in [-0.15, -0.1) is 0 Å². The lowest BCUT2D eigenvalue weighted by Crippen LogP contribution is -2.38. The summed E-state index contributed by atoms with van der Waals surface area (Å²) >= 11 is 0. The van der Waals surface area contributed by atoms with E-state index in [0.29, 0.717) is 12.4 Å². The van der Waals surface area contributed by atoms with Gasteiger partial charge in [0.05, 0.1) is 25.3 Å². The second-order valence-electron chi connectivity index (χ2n) is 6.36. The quantitative estimate of drug-likeness (QED) is 0.863. The van der Waals surface area contributed by atoms with Crippen molar-refractivity contribution in [1.29, 1.82) is 0 Å². The molecule has 0 unspecified atom stereocenters. The molecule has 7 heteroatoms. The molecule has 0 saturated carbocycles. The van der Waals surface area contributed by atoms with E-state index in [4.69, 9.17) is 4.74 Å². The van der Waals surface area contributed by atoms with Crippen molar-refractivity contribution in [1.82, 2.24) is 14.7 Å². The van der Waals surface area contributed by atoms with E-state index in [2.05, 4.69) is 10.4 Å². The summed E-state index contributed by atoms with van der Waals surface area (Å²) in [5.74, 6) is 1.44. The van der Waals surface area contributed by atoms with Gasteiger partial charge in [-0.1, -0.05) is 18.2 Å². The fourth-order valence-corrected chi connectivity index (χ4v) is 3.11. The van der Waals surface area contributed by atoms with Crippen LogP contribution in [-0.4, -0.2) is 46.2 Å². The molecule has 0 atom stereocenters. The molecule has 2 heterocycles. The van der Waals surface area contributed by atoms with Gasteiger partial charge in [0, 0.05) is 26.1 Å². The molecule has 0 bridgehead atoms. The summed E-state index contributed by atoms with van der Waals surface area (Å²) < 4.78 is 7.41. The number of aromatic nitrogens is 2. The molecule has 1 aromatic heterocycles. The van der Waals surface area contributed by atoms with Crippen LogP contribution in [-0.2, 0) is 9.59 Å². The summed E-state index contributed by atoms with van der Waals surface area (Å²) in [6.07, 6.45) is 3.62. The summed E-state index contributed by atoms with van der Waals surface area (Å²) in [6.45, 7) is 3.36. The van der Waals surface area contributed by atoms with Gasteiger partial charge in [0.15, 0.2) is 0 Å². The summed E-state index contributed by atoms with van der Waals surface area (Å²) in [4.78, 5) is 25.5. The Morgan fingerprint density at radius 2 is 1.92 bits per heavy atom. The van der Waals surface area contributed by atoms with Crippen molar-refractivity contribution in [3.8, 4) is 5.75 Å². The number of hydrogen-bond acceptors (Lipinski definition) is 4. The number of ether oxygens (including phenoxy) is 1. The number of nitrogens with zero attached hydrogens (tertiary/aromatic N) is 3. The van der Waals surface area contributed by atoms with E-state index >= 15 is 0 Å². The number of carbonyl (C=O) groups excluding carboxylic acids is 2. The Bertz CT molecular complexity index is 736. The highest BCUT2D eigenvalue weighted by Gasteiger charge is 2.24. The van der Waals surface area contributed by atoms with Gasteiger partial charge in [0.1, 0.15) is 11.6 Å². The SMILES string of the molecule is CC(=O)N1CCC(n2nccc2NC(=O)CCOc2ccccc2)CC1. The number of para-hydroxylation sites is 1. The van der Waals surface area contributed by atoms with Gasteiger partial charge in [-0.3, -0.25) is 9.59 Å². The number of likely N-dealkylation sites (tertiary alicyclic amines) is 1. The maximum Gasteiger partial charge on any atom is 0.228 e. The normalized spacial score (nSPS) is 14.9. The molecule has 7 nitrogen and oxygen atoms in total. The molecule has 1 N–H and O–H groups in total. The van der Waals surface area contributed by atoms with Crippen LogP contribution in [0.4, 0.5) is 5.82 Å². The summed E-state index contributed by atoms with van der Waals surface area (Å²) in [6, 6.07) is 11.4. The van der Waals surface area contributed by atoms with Crippen LogP contribution < -0.4 is 10.1 Å². The van der Waals surface area contributed by atoms with Gasteiger partial charge >= 0.3 is 0 Å². The highest BCUT2D eigenvalue weighted by atomic mass is 16.5. The Hall–Kier alpha value is -2.83. The van der Waals surface area contributed by atoms with Crippen LogP contribution in [0.1, 0.15) is 32.2 Å². The number of amides is 2. The van der Waals surface area contributed by atoms with E-state index in [1.54, 1.807) is 19.2 Å². The molecule has 0 aliphatic carbocycles. The Balaban J connectivity index is 1.49. The first kappa shape index (κ1) is 18.0. The van der Waals surface area contributed by atoms with E-state index in [0.717, 1.165) is 31.7 Å². The second kappa shape index (κ2) is 8.51. The molecule has 2 amide bonds. The molecular weight excluding hydrogens is 332 g/mol. The smallest absolute Gasteiger partial charge is 0.228 e. The standard InChI is InChI=1S/C19H24N4O3/c1-15(24)22-12-8-16(9-13-22)23-18(7-11-20-23)21-19(25)10-14-26-17-5-3-2-4-6-17/h2-7,11,16H,8-10,12-14H2,1H3,(H,21,25). The minimum Gasteiger partial charge on any atom is -0.493 e. The van der Waals surface area contributed by atoms with Crippen LogP contribution in [0.15, 0.2) is 42.6 Å². The fraction of sp³-hybridized carbons (Fsp3) is 0.421. The van der Waals surface area contributed by atoms with Crippen LogP contribution in [0.3, 0.4) is 0 Å². The van der Waals surface area contributed by atoms with Crippen molar-refractivity contribution in [2.24, 2.45) is 0 Å². The van der Waals surface area contributed by atoms with Crippen LogP contribution in [0.5, 0.6) is 5.75 Å². The summed E-state index contributed by atoms with van der Waals surface area (Å²) in [5.41, 5.74) is 0. The van der Waals surface area contributed by atoms with E-state index in [1.807, 2.05) is 39.9 Å². The maximum absolute atomic E-state index is 12.2.